The van der Waals surface area contributed by atoms with E-state index < -0.39 is 30.1 Å². The summed E-state index contributed by atoms with van der Waals surface area (Å²) in [5.74, 6) is -3.55. The number of hydrogen-bond donors (Lipinski definition) is 2. The van der Waals surface area contributed by atoms with Gasteiger partial charge in [-0.2, -0.15) is 0 Å². The van der Waals surface area contributed by atoms with Crippen molar-refractivity contribution in [2.45, 2.75) is 19.8 Å². The van der Waals surface area contributed by atoms with Gasteiger partial charge < -0.3 is 10.4 Å². The summed E-state index contributed by atoms with van der Waals surface area (Å²) in [6.07, 6.45) is 1.63. The molecule has 2 aromatic rings. The van der Waals surface area contributed by atoms with Gasteiger partial charge in [0.15, 0.2) is 11.6 Å². The quantitative estimate of drug-likeness (QED) is 0.611. The Morgan fingerprint density at radius 1 is 1.23 bits per heavy atom. The van der Waals surface area contributed by atoms with Crippen LogP contribution in [0.25, 0.3) is 0 Å². The third-order valence-corrected chi connectivity index (χ3v) is 3.58. The summed E-state index contributed by atoms with van der Waals surface area (Å²) in [6, 6.07) is 6.96. The first-order valence-corrected chi connectivity index (χ1v) is 7.79. The molecule has 0 radical (unpaired) electrons. The predicted molar refractivity (Wildman–Crippen MR) is 91.1 cm³/mol. The van der Waals surface area contributed by atoms with Crippen LogP contribution in [-0.4, -0.2) is 34.3 Å². The van der Waals surface area contributed by atoms with Crippen molar-refractivity contribution in [2.75, 3.05) is 6.54 Å². The number of carbonyl (C=O) groups excluding carboxylic acids is 1. The lowest BCUT2D eigenvalue weighted by Crippen LogP contribution is -2.32. The van der Waals surface area contributed by atoms with E-state index in [1.54, 1.807) is 19.1 Å². The molecule has 0 unspecified atom stereocenters. The third-order valence-electron chi connectivity index (χ3n) is 3.58. The first-order chi connectivity index (χ1) is 12.4. The minimum Gasteiger partial charge on any atom is -0.480 e. The van der Waals surface area contributed by atoms with E-state index in [1.165, 1.54) is 18.3 Å². The molecular weight excluding hydrogens is 344 g/mol. The van der Waals surface area contributed by atoms with Gasteiger partial charge in [-0.05, 0) is 37.1 Å². The Bertz CT molecular complexity index is 853. The maximum Gasteiger partial charge on any atom is 0.325 e. The smallest absolute Gasteiger partial charge is 0.325 e. The Morgan fingerprint density at radius 3 is 2.69 bits per heavy atom. The molecule has 0 aliphatic rings. The van der Waals surface area contributed by atoms with Crippen LogP contribution >= 0.6 is 0 Å². The fourth-order valence-corrected chi connectivity index (χ4v) is 2.26. The Hall–Kier alpha value is -3.16. The van der Waals surface area contributed by atoms with Gasteiger partial charge in [0.05, 0.1) is 5.56 Å². The van der Waals surface area contributed by atoms with Crippen molar-refractivity contribution in [3.8, 4) is 0 Å². The molecule has 2 rings (SSSR count). The number of nitrogens with one attached hydrogen (secondary N) is 1. The van der Waals surface area contributed by atoms with Gasteiger partial charge in [0.2, 0.25) is 0 Å². The molecule has 0 saturated heterocycles. The van der Waals surface area contributed by atoms with Crippen LogP contribution in [0.15, 0.2) is 41.5 Å². The predicted octanol–water partition coefficient (Wildman–Crippen LogP) is 2.51. The SMILES string of the molecule is Cc1ncccc1C(=O)NC(CCc1cccc(F)c1F)=NCC(=O)O. The largest absolute Gasteiger partial charge is 0.480 e. The number of carboxylic acids is 1. The van der Waals surface area contributed by atoms with Crippen LogP contribution in [0, 0.1) is 18.6 Å². The molecule has 0 spiro atoms. The maximum atomic E-state index is 13.7. The number of aliphatic imine (C=N–C) groups is 1. The average Bonchev–Trinajstić information content (AvgIpc) is 2.60. The van der Waals surface area contributed by atoms with Gasteiger partial charge in [0, 0.05) is 18.3 Å². The lowest BCUT2D eigenvalue weighted by molar-refractivity contribution is -0.135. The van der Waals surface area contributed by atoms with Gasteiger partial charge in [-0.3, -0.25) is 19.6 Å². The first kappa shape index (κ1) is 19.2. The number of amides is 1. The number of carbonyl (C=O) groups is 2. The Morgan fingerprint density at radius 2 is 2.00 bits per heavy atom. The van der Waals surface area contributed by atoms with Gasteiger partial charge in [0.25, 0.3) is 5.91 Å². The summed E-state index contributed by atoms with van der Waals surface area (Å²) in [5, 5.41) is 11.3. The van der Waals surface area contributed by atoms with E-state index in [-0.39, 0.29) is 24.2 Å². The summed E-state index contributed by atoms with van der Waals surface area (Å²) in [6.45, 7) is 1.11. The van der Waals surface area contributed by atoms with Crippen molar-refractivity contribution < 1.29 is 23.5 Å². The number of aryl methyl sites for hydroxylation is 2. The molecule has 26 heavy (non-hydrogen) atoms. The van der Waals surface area contributed by atoms with Crippen LogP contribution in [0.3, 0.4) is 0 Å². The Labute approximate surface area is 148 Å². The highest BCUT2D eigenvalue weighted by molar-refractivity contribution is 6.07. The summed E-state index contributed by atoms with van der Waals surface area (Å²) in [5.41, 5.74) is 0.922. The van der Waals surface area contributed by atoms with Crippen LogP contribution in [0.2, 0.25) is 0 Å². The molecule has 1 aromatic carbocycles. The van der Waals surface area contributed by atoms with Crippen molar-refractivity contribution in [3.05, 3.63) is 65.0 Å². The fourth-order valence-electron chi connectivity index (χ4n) is 2.26. The number of halogens is 2. The highest BCUT2D eigenvalue weighted by Gasteiger charge is 2.14. The highest BCUT2D eigenvalue weighted by atomic mass is 19.2. The molecular formula is C18H17F2N3O3. The fraction of sp³-hybridized carbons (Fsp3) is 0.222. The van der Waals surface area contributed by atoms with Crippen LogP contribution in [0.5, 0.6) is 0 Å². The molecule has 0 fully saturated rings. The van der Waals surface area contributed by atoms with Gasteiger partial charge in [-0.25, -0.2) is 8.78 Å². The van der Waals surface area contributed by atoms with E-state index in [4.69, 9.17) is 5.11 Å². The number of nitrogens with zero attached hydrogens (tertiary/aromatic N) is 2. The first-order valence-electron chi connectivity index (χ1n) is 7.79. The lowest BCUT2D eigenvalue weighted by atomic mass is 10.1. The monoisotopic (exact) mass is 361 g/mol. The number of rotatable bonds is 6. The second-order valence-electron chi connectivity index (χ2n) is 5.46. The molecule has 8 heteroatoms. The van der Waals surface area contributed by atoms with Gasteiger partial charge in [-0.15, -0.1) is 0 Å². The van der Waals surface area contributed by atoms with E-state index in [0.29, 0.717) is 11.3 Å². The molecule has 0 aliphatic carbocycles. The standard InChI is InChI=1S/C18H17F2N3O3/c1-11-13(5-3-9-21-11)18(26)23-15(22-10-16(24)25)8-7-12-4-2-6-14(19)17(12)20/h2-6,9H,7-8,10H2,1H3,(H,24,25)(H,22,23,26). The zero-order valence-electron chi connectivity index (χ0n) is 14.0. The number of aliphatic carboxylic acids is 1. The minimum absolute atomic E-state index is 0.0404. The van der Waals surface area contributed by atoms with Crippen molar-refractivity contribution in [3.63, 3.8) is 0 Å². The molecule has 0 atom stereocenters. The van der Waals surface area contributed by atoms with Crippen molar-refractivity contribution in [1.29, 1.82) is 0 Å². The molecule has 2 N–H and O–H groups in total. The Kier molecular flexibility index (Phi) is 6.48. The van der Waals surface area contributed by atoms with Crippen LogP contribution in [0.4, 0.5) is 8.78 Å². The van der Waals surface area contributed by atoms with Crippen LogP contribution in [0.1, 0.15) is 28.0 Å². The van der Waals surface area contributed by atoms with E-state index in [9.17, 15) is 18.4 Å². The summed E-state index contributed by atoms with van der Waals surface area (Å²) >= 11 is 0. The highest BCUT2D eigenvalue weighted by Crippen LogP contribution is 2.13. The van der Waals surface area contributed by atoms with E-state index in [0.717, 1.165) is 6.07 Å². The number of benzene rings is 1. The second kappa shape index (κ2) is 8.80. The van der Waals surface area contributed by atoms with Gasteiger partial charge in [0.1, 0.15) is 12.4 Å². The third kappa shape index (κ3) is 5.17. The molecule has 0 saturated carbocycles. The molecule has 0 aliphatic heterocycles. The summed E-state index contributed by atoms with van der Waals surface area (Å²) in [7, 11) is 0. The van der Waals surface area contributed by atoms with Gasteiger partial charge >= 0.3 is 5.97 Å². The van der Waals surface area contributed by atoms with E-state index in [1.807, 2.05) is 0 Å². The number of carboxylic acid groups (broad SMARTS) is 1. The van der Waals surface area contributed by atoms with E-state index in [2.05, 4.69) is 15.3 Å². The normalized spacial score (nSPS) is 11.3. The van der Waals surface area contributed by atoms with Gasteiger partial charge in [-0.1, -0.05) is 12.1 Å². The van der Waals surface area contributed by atoms with Crippen LogP contribution < -0.4 is 5.32 Å². The average molecular weight is 361 g/mol. The summed E-state index contributed by atoms with van der Waals surface area (Å²) < 4.78 is 27.0. The minimum atomic E-state index is -1.17. The maximum absolute atomic E-state index is 13.7. The molecule has 1 amide bonds. The zero-order chi connectivity index (χ0) is 19.1. The number of amidine groups is 1. The van der Waals surface area contributed by atoms with Crippen LogP contribution in [-0.2, 0) is 11.2 Å². The van der Waals surface area contributed by atoms with Crippen molar-refractivity contribution in [2.24, 2.45) is 4.99 Å². The Balaban J connectivity index is 2.14. The molecule has 136 valence electrons. The zero-order valence-corrected chi connectivity index (χ0v) is 14.0. The molecule has 1 aromatic heterocycles. The number of hydrogen-bond acceptors (Lipinski definition) is 4. The molecule has 1 heterocycles. The molecule has 0 bridgehead atoms. The topological polar surface area (TPSA) is 91.7 Å². The number of aromatic nitrogens is 1. The second-order valence-corrected chi connectivity index (χ2v) is 5.46. The van der Waals surface area contributed by atoms with Crippen molar-refractivity contribution >= 4 is 17.7 Å². The lowest BCUT2D eigenvalue weighted by Gasteiger charge is -2.11. The van der Waals surface area contributed by atoms with Crippen molar-refractivity contribution in [1.82, 2.24) is 10.3 Å². The van der Waals surface area contributed by atoms with E-state index >= 15 is 0 Å². The molecule has 6 nitrogen and oxygen atoms in total. The number of pyridine rings is 1. The summed E-state index contributed by atoms with van der Waals surface area (Å²) in [4.78, 5) is 30.9.